The van der Waals surface area contributed by atoms with Crippen molar-refractivity contribution >= 4 is 33.1 Å². The number of imidazole rings is 1. The van der Waals surface area contributed by atoms with Crippen molar-refractivity contribution < 1.29 is 9.53 Å². The van der Waals surface area contributed by atoms with Crippen LogP contribution in [0.1, 0.15) is 5.56 Å². The van der Waals surface area contributed by atoms with Crippen molar-refractivity contribution in [1.29, 1.82) is 0 Å². The van der Waals surface area contributed by atoms with E-state index < -0.39 is 6.09 Å². The van der Waals surface area contributed by atoms with E-state index in [0.717, 1.165) is 16.6 Å². The number of alkyl halides is 1. The van der Waals surface area contributed by atoms with Crippen molar-refractivity contribution in [2.75, 3.05) is 7.11 Å². The van der Waals surface area contributed by atoms with Gasteiger partial charge in [-0.2, -0.15) is 0 Å². The molecule has 1 aromatic carbocycles. The van der Waals surface area contributed by atoms with E-state index in [2.05, 4.69) is 25.7 Å². The van der Waals surface area contributed by atoms with Gasteiger partial charge in [0, 0.05) is 5.33 Å². The SMILES string of the molecule is COC(=O)n1cnc2c(CBr)cccc21. The summed E-state index contributed by atoms with van der Waals surface area (Å²) in [4.78, 5) is 15.6. The zero-order chi connectivity index (χ0) is 10.8. The fourth-order valence-corrected chi connectivity index (χ4v) is 1.90. The summed E-state index contributed by atoms with van der Waals surface area (Å²) in [7, 11) is 1.35. The minimum Gasteiger partial charge on any atom is -0.452 e. The van der Waals surface area contributed by atoms with Gasteiger partial charge in [-0.25, -0.2) is 14.3 Å². The van der Waals surface area contributed by atoms with E-state index >= 15 is 0 Å². The summed E-state index contributed by atoms with van der Waals surface area (Å²) in [6.07, 6.45) is 1.05. The first-order valence-corrected chi connectivity index (χ1v) is 5.49. The van der Waals surface area contributed by atoms with Crippen molar-refractivity contribution in [2.24, 2.45) is 0 Å². The van der Waals surface area contributed by atoms with Crippen molar-refractivity contribution in [3.05, 3.63) is 30.1 Å². The van der Waals surface area contributed by atoms with E-state index in [9.17, 15) is 4.79 Å². The van der Waals surface area contributed by atoms with Gasteiger partial charge in [-0.15, -0.1) is 0 Å². The first-order valence-electron chi connectivity index (χ1n) is 4.37. The van der Waals surface area contributed by atoms with Gasteiger partial charge in [0.2, 0.25) is 0 Å². The van der Waals surface area contributed by atoms with Crippen LogP contribution in [-0.2, 0) is 10.1 Å². The molecular formula is C10H9BrN2O2. The quantitative estimate of drug-likeness (QED) is 0.747. The van der Waals surface area contributed by atoms with Crippen LogP contribution in [0.2, 0.25) is 0 Å². The summed E-state index contributed by atoms with van der Waals surface area (Å²) in [5, 5.41) is 0.711. The first-order chi connectivity index (χ1) is 7.27. The van der Waals surface area contributed by atoms with Gasteiger partial charge in [-0.05, 0) is 11.6 Å². The standard InChI is InChI=1S/C10H9BrN2O2/c1-15-10(14)13-6-12-9-7(5-11)3-2-4-8(9)13/h2-4,6H,5H2,1H3. The van der Waals surface area contributed by atoms with Crippen molar-refractivity contribution in [3.63, 3.8) is 0 Å². The van der Waals surface area contributed by atoms with Gasteiger partial charge in [-0.3, -0.25) is 0 Å². The van der Waals surface area contributed by atoms with Crippen LogP contribution < -0.4 is 0 Å². The van der Waals surface area contributed by atoms with Gasteiger partial charge in [0.15, 0.2) is 0 Å². The average molecular weight is 269 g/mol. The summed E-state index contributed by atoms with van der Waals surface area (Å²) in [5.41, 5.74) is 2.63. The number of ether oxygens (including phenoxy) is 1. The summed E-state index contributed by atoms with van der Waals surface area (Å²) in [6.45, 7) is 0. The monoisotopic (exact) mass is 268 g/mol. The number of aromatic nitrogens is 2. The highest BCUT2D eigenvalue weighted by Crippen LogP contribution is 2.19. The third kappa shape index (κ3) is 1.63. The molecule has 0 saturated carbocycles. The molecule has 0 N–H and O–H groups in total. The van der Waals surface area contributed by atoms with Crippen LogP contribution in [-0.4, -0.2) is 22.8 Å². The lowest BCUT2D eigenvalue weighted by Crippen LogP contribution is -2.09. The van der Waals surface area contributed by atoms with Crippen LogP contribution in [0.15, 0.2) is 24.5 Å². The fraction of sp³-hybridized carbons (Fsp3) is 0.200. The molecule has 15 heavy (non-hydrogen) atoms. The number of halogens is 1. The lowest BCUT2D eigenvalue weighted by molar-refractivity contribution is 0.174. The van der Waals surface area contributed by atoms with Crippen molar-refractivity contribution in [2.45, 2.75) is 5.33 Å². The van der Waals surface area contributed by atoms with E-state index in [1.807, 2.05) is 18.2 Å². The molecule has 0 aliphatic rings. The summed E-state index contributed by atoms with van der Waals surface area (Å²) in [5.74, 6) is 0. The van der Waals surface area contributed by atoms with Gasteiger partial charge in [-0.1, -0.05) is 28.1 Å². The molecule has 2 aromatic rings. The molecule has 0 unspecified atom stereocenters. The average Bonchev–Trinajstić information content (AvgIpc) is 2.71. The van der Waals surface area contributed by atoms with E-state index in [4.69, 9.17) is 0 Å². The number of hydrogen-bond acceptors (Lipinski definition) is 3. The molecule has 0 bridgehead atoms. The lowest BCUT2D eigenvalue weighted by Gasteiger charge is -2.01. The molecule has 0 atom stereocenters. The molecule has 1 aromatic heterocycles. The second-order valence-electron chi connectivity index (χ2n) is 3.00. The topological polar surface area (TPSA) is 44.1 Å². The molecule has 0 fully saturated rings. The normalized spacial score (nSPS) is 10.5. The maximum atomic E-state index is 11.4. The van der Waals surface area contributed by atoms with Gasteiger partial charge >= 0.3 is 6.09 Å². The minimum atomic E-state index is -0.427. The Kier molecular flexibility index (Phi) is 2.73. The Hall–Kier alpha value is -1.36. The Labute approximate surface area is 95.0 Å². The minimum absolute atomic E-state index is 0.427. The summed E-state index contributed by atoms with van der Waals surface area (Å²) >= 11 is 3.38. The summed E-state index contributed by atoms with van der Waals surface area (Å²) < 4.78 is 6.04. The first kappa shape index (κ1) is 10.2. The van der Waals surface area contributed by atoms with Crippen LogP contribution >= 0.6 is 15.9 Å². The maximum absolute atomic E-state index is 11.4. The zero-order valence-corrected chi connectivity index (χ0v) is 9.69. The summed E-state index contributed by atoms with van der Waals surface area (Å²) in [6, 6.07) is 5.69. The van der Waals surface area contributed by atoms with Crippen LogP contribution in [0.25, 0.3) is 11.0 Å². The highest BCUT2D eigenvalue weighted by atomic mass is 79.9. The number of nitrogens with zero attached hydrogens (tertiary/aromatic N) is 2. The van der Waals surface area contributed by atoms with Crippen LogP contribution in [0.3, 0.4) is 0 Å². The van der Waals surface area contributed by atoms with Crippen LogP contribution in [0, 0.1) is 0 Å². The fourth-order valence-electron chi connectivity index (χ4n) is 1.45. The Morgan fingerprint density at radius 2 is 2.40 bits per heavy atom. The lowest BCUT2D eigenvalue weighted by atomic mass is 10.2. The van der Waals surface area contributed by atoms with Crippen molar-refractivity contribution in [3.8, 4) is 0 Å². The number of methoxy groups -OCH3 is 1. The second-order valence-corrected chi connectivity index (χ2v) is 3.56. The number of fused-ring (bicyclic) bond motifs is 1. The molecule has 0 aliphatic carbocycles. The molecule has 0 amide bonds. The number of carbonyl (C=O) groups excluding carboxylic acids is 1. The Morgan fingerprint density at radius 3 is 3.07 bits per heavy atom. The van der Waals surface area contributed by atoms with Crippen molar-refractivity contribution in [1.82, 2.24) is 9.55 Å². The van der Waals surface area contributed by atoms with E-state index in [-0.39, 0.29) is 0 Å². The number of hydrogen-bond donors (Lipinski definition) is 0. The largest absolute Gasteiger partial charge is 0.452 e. The predicted molar refractivity (Wildman–Crippen MR) is 60.2 cm³/mol. The number of benzene rings is 1. The molecular weight excluding hydrogens is 260 g/mol. The molecule has 78 valence electrons. The second kappa shape index (κ2) is 4.02. The Bertz CT molecular complexity index is 507. The maximum Gasteiger partial charge on any atom is 0.419 e. The van der Waals surface area contributed by atoms with E-state index in [0.29, 0.717) is 5.33 Å². The van der Waals surface area contributed by atoms with Gasteiger partial charge in [0.05, 0.1) is 18.1 Å². The predicted octanol–water partition coefficient (Wildman–Crippen LogP) is 2.55. The van der Waals surface area contributed by atoms with E-state index in [1.165, 1.54) is 18.0 Å². The third-order valence-electron chi connectivity index (χ3n) is 2.18. The smallest absolute Gasteiger partial charge is 0.419 e. The molecule has 0 radical (unpaired) electrons. The Balaban J connectivity index is 2.66. The van der Waals surface area contributed by atoms with Crippen LogP contribution in [0.5, 0.6) is 0 Å². The number of rotatable bonds is 1. The zero-order valence-electron chi connectivity index (χ0n) is 8.11. The molecule has 4 nitrogen and oxygen atoms in total. The Morgan fingerprint density at radius 1 is 1.60 bits per heavy atom. The molecule has 5 heteroatoms. The molecule has 2 rings (SSSR count). The molecule has 0 aliphatic heterocycles. The highest BCUT2D eigenvalue weighted by Gasteiger charge is 2.11. The molecule has 0 saturated heterocycles. The molecule has 0 spiro atoms. The highest BCUT2D eigenvalue weighted by molar-refractivity contribution is 9.08. The van der Waals surface area contributed by atoms with E-state index in [1.54, 1.807) is 0 Å². The number of carbonyl (C=O) groups is 1. The van der Waals surface area contributed by atoms with Gasteiger partial charge < -0.3 is 4.74 Å². The van der Waals surface area contributed by atoms with Crippen LogP contribution in [0.4, 0.5) is 4.79 Å². The third-order valence-corrected chi connectivity index (χ3v) is 2.78. The van der Waals surface area contributed by atoms with Gasteiger partial charge in [0.25, 0.3) is 0 Å². The molecule has 1 heterocycles. The van der Waals surface area contributed by atoms with Gasteiger partial charge in [0.1, 0.15) is 6.33 Å². The number of para-hydroxylation sites is 1.